The van der Waals surface area contributed by atoms with Gasteiger partial charge in [0.25, 0.3) is 0 Å². The molecule has 7 nitrogen and oxygen atoms in total. The molecule has 3 heterocycles. The van der Waals surface area contributed by atoms with Crippen molar-refractivity contribution in [1.29, 1.82) is 0 Å². The van der Waals surface area contributed by atoms with Crippen molar-refractivity contribution in [3.63, 3.8) is 0 Å². The van der Waals surface area contributed by atoms with Crippen LogP contribution in [0, 0.1) is 0 Å². The average Bonchev–Trinajstić information content (AvgIpc) is 3.04. The van der Waals surface area contributed by atoms with Crippen LogP contribution in [0.5, 0.6) is 0 Å². The first-order valence-electron chi connectivity index (χ1n) is 8.97. The van der Waals surface area contributed by atoms with E-state index in [-0.39, 0.29) is 18.2 Å². The molecule has 1 N–H and O–H groups in total. The van der Waals surface area contributed by atoms with Gasteiger partial charge in [-0.05, 0) is 37.8 Å². The molecule has 7 heteroatoms. The summed E-state index contributed by atoms with van der Waals surface area (Å²) in [7, 11) is 0. The molecule has 0 spiro atoms. The van der Waals surface area contributed by atoms with Gasteiger partial charge in [-0.2, -0.15) is 5.10 Å². The Kier molecular flexibility index (Phi) is 5.85. The molecule has 2 amide bonds. The highest BCUT2D eigenvalue weighted by Gasteiger charge is 2.28. The van der Waals surface area contributed by atoms with Crippen molar-refractivity contribution >= 4 is 11.8 Å². The maximum Gasteiger partial charge on any atom is 0.317 e. The van der Waals surface area contributed by atoms with Crippen molar-refractivity contribution in [2.24, 2.45) is 0 Å². The lowest BCUT2D eigenvalue weighted by molar-refractivity contribution is 0.0771. The predicted octanol–water partition coefficient (Wildman–Crippen LogP) is 1.66. The molecular weight excluding hydrogens is 306 g/mol. The molecule has 2 fully saturated rings. The van der Waals surface area contributed by atoms with Crippen molar-refractivity contribution in [1.82, 2.24) is 20.4 Å². The SMILES string of the molecule is CC[C@H](NC(=O)N1CCCN(c2cccnn2)CC1)[C@H]1CCCO1. The van der Waals surface area contributed by atoms with E-state index >= 15 is 0 Å². The van der Waals surface area contributed by atoms with Gasteiger partial charge >= 0.3 is 6.03 Å². The van der Waals surface area contributed by atoms with Crippen LogP contribution in [0.1, 0.15) is 32.6 Å². The second-order valence-corrected chi connectivity index (χ2v) is 6.43. The molecule has 0 radical (unpaired) electrons. The molecule has 1 aromatic heterocycles. The van der Waals surface area contributed by atoms with Crippen LogP contribution in [-0.4, -0.2) is 66.1 Å². The Bertz CT molecular complexity index is 521. The minimum atomic E-state index is 0.0262. The third kappa shape index (κ3) is 4.14. The smallest absolute Gasteiger partial charge is 0.317 e. The summed E-state index contributed by atoms with van der Waals surface area (Å²) in [6.45, 7) is 6.06. The topological polar surface area (TPSA) is 70.6 Å². The summed E-state index contributed by atoms with van der Waals surface area (Å²) in [5.74, 6) is 0.880. The zero-order valence-electron chi connectivity index (χ0n) is 14.4. The zero-order valence-corrected chi connectivity index (χ0v) is 14.4. The highest BCUT2D eigenvalue weighted by atomic mass is 16.5. The first kappa shape index (κ1) is 17.0. The average molecular weight is 333 g/mol. The number of carbonyl (C=O) groups excluding carboxylic acids is 1. The third-order valence-electron chi connectivity index (χ3n) is 4.83. The number of rotatable bonds is 4. The van der Waals surface area contributed by atoms with Gasteiger partial charge in [0.2, 0.25) is 0 Å². The van der Waals surface area contributed by atoms with Crippen LogP contribution < -0.4 is 10.2 Å². The number of aromatic nitrogens is 2. The highest BCUT2D eigenvalue weighted by molar-refractivity contribution is 5.74. The van der Waals surface area contributed by atoms with Gasteiger partial charge in [0.1, 0.15) is 0 Å². The fourth-order valence-electron chi connectivity index (χ4n) is 3.44. The molecule has 0 bridgehead atoms. The number of carbonyl (C=O) groups is 1. The van der Waals surface area contributed by atoms with Crippen LogP contribution in [0.25, 0.3) is 0 Å². The fourth-order valence-corrected chi connectivity index (χ4v) is 3.44. The van der Waals surface area contributed by atoms with Crippen molar-refractivity contribution in [2.75, 3.05) is 37.7 Å². The van der Waals surface area contributed by atoms with Crippen molar-refractivity contribution in [2.45, 2.75) is 44.8 Å². The van der Waals surface area contributed by atoms with Crippen molar-refractivity contribution in [3.05, 3.63) is 18.3 Å². The summed E-state index contributed by atoms with van der Waals surface area (Å²) in [5, 5.41) is 11.3. The van der Waals surface area contributed by atoms with Crippen LogP contribution in [0.3, 0.4) is 0 Å². The largest absolute Gasteiger partial charge is 0.376 e. The molecule has 2 aliphatic heterocycles. The lowest BCUT2D eigenvalue weighted by atomic mass is 10.1. The van der Waals surface area contributed by atoms with Gasteiger partial charge in [-0.15, -0.1) is 5.10 Å². The number of ether oxygens (including phenoxy) is 1. The molecule has 0 saturated carbocycles. The summed E-state index contributed by atoms with van der Waals surface area (Å²) < 4.78 is 5.74. The van der Waals surface area contributed by atoms with Crippen LogP contribution in [0.2, 0.25) is 0 Å². The molecule has 0 unspecified atom stereocenters. The summed E-state index contributed by atoms with van der Waals surface area (Å²) in [6, 6.07) is 4.00. The van der Waals surface area contributed by atoms with Gasteiger partial charge in [0.15, 0.2) is 5.82 Å². The monoisotopic (exact) mass is 333 g/mol. The lowest BCUT2D eigenvalue weighted by Crippen LogP contribution is -2.49. The standard InChI is InChI=1S/C17H27N5O2/c1-2-14(15-6-4-13-24-15)19-17(23)22-10-5-9-21(11-12-22)16-7-3-8-18-20-16/h3,7-8,14-15H,2,4-6,9-13H2,1H3,(H,19,23)/t14-,15+/m0/s1. The van der Waals surface area contributed by atoms with Crippen LogP contribution in [-0.2, 0) is 4.74 Å². The third-order valence-corrected chi connectivity index (χ3v) is 4.83. The van der Waals surface area contributed by atoms with E-state index in [9.17, 15) is 4.79 Å². The van der Waals surface area contributed by atoms with E-state index in [0.717, 1.165) is 57.7 Å². The van der Waals surface area contributed by atoms with Gasteiger partial charge in [0, 0.05) is 39.0 Å². The summed E-state index contributed by atoms with van der Waals surface area (Å²) in [5.41, 5.74) is 0. The Morgan fingerprint density at radius 1 is 1.38 bits per heavy atom. The van der Waals surface area contributed by atoms with E-state index < -0.39 is 0 Å². The molecule has 1 aromatic rings. The number of nitrogens with zero attached hydrogens (tertiary/aromatic N) is 4. The normalized spacial score (nSPS) is 23.0. The van der Waals surface area contributed by atoms with Gasteiger partial charge in [-0.25, -0.2) is 4.79 Å². The minimum absolute atomic E-state index is 0.0262. The van der Waals surface area contributed by atoms with Crippen molar-refractivity contribution in [3.8, 4) is 0 Å². The number of hydrogen-bond acceptors (Lipinski definition) is 5. The number of urea groups is 1. The molecule has 24 heavy (non-hydrogen) atoms. The first-order chi connectivity index (χ1) is 11.8. The Labute approximate surface area is 143 Å². The van der Waals surface area contributed by atoms with Gasteiger partial charge in [0.05, 0.1) is 12.1 Å². The number of hydrogen-bond donors (Lipinski definition) is 1. The van der Waals surface area contributed by atoms with E-state index in [1.807, 2.05) is 17.0 Å². The second-order valence-electron chi connectivity index (χ2n) is 6.43. The molecule has 2 saturated heterocycles. The van der Waals surface area contributed by atoms with Crippen LogP contribution in [0.15, 0.2) is 18.3 Å². The fraction of sp³-hybridized carbons (Fsp3) is 0.706. The Balaban J connectivity index is 1.54. The summed E-state index contributed by atoms with van der Waals surface area (Å²) in [4.78, 5) is 16.7. The van der Waals surface area contributed by atoms with Crippen LogP contribution >= 0.6 is 0 Å². The van der Waals surface area contributed by atoms with Crippen molar-refractivity contribution < 1.29 is 9.53 Å². The number of anilines is 1. The second kappa shape index (κ2) is 8.28. The number of nitrogens with one attached hydrogen (secondary N) is 1. The molecular formula is C17H27N5O2. The minimum Gasteiger partial charge on any atom is -0.376 e. The zero-order chi connectivity index (χ0) is 16.8. The van der Waals surface area contributed by atoms with Gasteiger partial charge in [-0.1, -0.05) is 6.92 Å². The van der Waals surface area contributed by atoms with E-state index in [0.29, 0.717) is 6.54 Å². The van der Waals surface area contributed by atoms with Gasteiger partial charge < -0.3 is 19.9 Å². The van der Waals surface area contributed by atoms with Crippen LogP contribution in [0.4, 0.5) is 10.6 Å². The quantitative estimate of drug-likeness (QED) is 0.907. The molecule has 0 aromatic carbocycles. The maximum absolute atomic E-state index is 12.6. The predicted molar refractivity (Wildman–Crippen MR) is 92.0 cm³/mol. The van der Waals surface area contributed by atoms with Gasteiger partial charge in [-0.3, -0.25) is 0 Å². The van der Waals surface area contributed by atoms with E-state index in [1.165, 1.54) is 0 Å². The highest BCUT2D eigenvalue weighted by Crippen LogP contribution is 2.18. The molecule has 3 rings (SSSR count). The first-order valence-corrected chi connectivity index (χ1v) is 8.97. The Morgan fingerprint density at radius 2 is 2.29 bits per heavy atom. The van der Waals surface area contributed by atoms with E-state index in [4.69, 9.17) is 4.74 Å². The molecule has 2 aliphatic rings. The lowest BCUT2D eigenvalue weighted by Gasteiger charge is -2.28. The maximum atomic E-state index is 12.6. The number of amides is 2. The van der Waals surface area contributed by atoms with E-state index in [2.05, 4.69) is 27.3 Å². The Morgan fingerprint density at radius 3 is 3.00 bits per heavy atom. The summed E-state index contributed by atoms with van der Waals surface area (Å²) >= 11 is 0. The van der Waals surface area contributed by atoms with E-state index in [1.54, 1.807) is 6.20 Å². The Hall–Kier alpha value is -1.89. The summed E-state index contributed by atoms with van der Waals surface area (Å²) in [6.07, 6.45) is 5.81. The molecule has 132 valence electrons. The molecule has 0 aliphatic carbocycles. The molecule has 2 atom stereocenters.